The fourth-order valence-corrected chi connectivity index (χ4v) is 3.47. The van der Waals surface area contributed by atoms with Gasteiger partial charge in [0.1, 0.15) is 5.75 Å². The van der Waals surface area contributed by atoms with E-state index in [9.17, 15) is 13.9 Å². The van der Waals surface area contributed by atoms with E-state index in [0.29, 0.717) is 0 Å². The monoisotopic (exact) mass is 344 g/mol. The highest BCUT2D eigenvalue weighted by atomic mass is 19.3. The zero-order valence-electron chi connectivity index (χ0n) is 14.4. The summed E-state index contributed by atoms with van der Waals surface area (Å²) in [6.45, 7) is 1.54. The van der Waals surface area contributed by atoms with Gasteiger partial charge in [0.15, 0.2) is 0 Å². The van der Waals surface area contributed by atoms with Gasteiger partial charge >= 0.3 is 6.61 Å². The van der Waals surface area contributed by atoms with Crippen molar-refractivity contribution in [1.29, 1.82) is 0 Å². The van der Waals surface area contributed by atoms with Crippen LogP contribution in [0.15, 0.2) is 48.5 Å². The Bertz CT molecular complexity index is 794. The second-order valence-corrected chi connectivity index (χ2v) is 6.98. The first-order valence-electron chi connectivity index (χ1n) is 8.41. The Labute approximate surface area is 146 Å². The Balaban J connectivity index is 2.11. The average molecular weight is 344 g/mol. The minimum atomic E-state index is -2.84. The van der Waals surface area contributed by atoms with Crippen molar-refractivity contribution >= 4 is 5.57 Å². The number of hydrogen-bond acceptors (Lipinski definition) is 2. The van der Waals surface area contributed by atoms with Gasteiger partial charge in [0.2, 0.25) is 0 Å². The van der Waals surface area contributed by atoms with E-state index in [-0.39, 0.29) is 17.8 Å². The molecular formula is C21H22F2O2. The van der Waals surface area contributed by atoms with Crippen molar-refractivity contribution in [1.82, 2.24) is 0 Å². The minimum Gasteiger partial charge on any atom is -0.435 e. The van der Waals surface area contributed by atoms with Gasteiger partial charge in [0, 0.05) is 0 Å². The zero-order valence-corrected chi connectivity index (χ0v) is 14.4. The second kappa shape index (κ2) is 6.96. The number of aliphatic hydroxyl groups excluding tert-OH is 1. The molecule has 2 aromatic rings. The molecule has 4 heteroatoms. The quantitative estimate of drug-likeness (QED) is 0.759. The lowest BCUT2D eigenvalue weighted by Crippen LogP contribution is -2.10. The summed E-state index contributed by atoms with van der Waals surface area (Å²) in [6.07, 6.45) is 4.32. The molecule has 0 fully saturated rings. The standard InChI is InChI=1S/C21H22F2O2/c1-21(2)10-4-7-19(21)18-11-14(13-24)8-9-17(18)15-5-3-6-16(12-15)25-20(22)23/h3,5-9,11-12,20,24H,4,10,13H2,1-2H3. The second-order valence-electron chi connectivity index (χ2n) is 6.98. The zero-order chi connectivity index (χ0) is 18.0. The molecule has 1 aliphatic rings. The summed E-state index contributed by atoms with van der Waals surface area (Å²) >= 11 is 0. The van der Waals surface area contributed by atoms with Gasteiger partial charge in [0.05, 0.1) is 6.61 Å². The van der Waals surface area contributed by atoms with Crippen molar-refractivity contribution in [3.8, 4) is 16.9 Å². The summed E-state index contributed by atoms with van der Waals surface area (Å²) in [4.78, 5) is 0. The van der Waals surface area contributed by atoms with Crippen LogP contribution >= 0.6 is 0 Å². The molecule has 2 nitrogen and oxygen atoms in total. The average Bonchev–Trinajstić information content (AvgIpc) is 2.93. The largest absolute Gasteiger partial charge is 0.435 e. The molecule has 0 saturated heterocycles. The molecule has 0 heterocycles. The molecule has 0 amide bonds. The van der Waals surface area contributed by atoms with Crippen LogP contribution in [0.25, 0.3) is 16.7 Å². The molecule has 0 spiro atoms. The first-order valence-corrected chi connectivity index (χ1v) is 8.41. The molecule has 2 aromatic carbocycles. The summed E-state index contributed by atoms with van der Waals surface area (Å²) in [6, 6.07) is 12.6. The molecule has 0 atom stereocenters. The van der Waals surface area contributed by atoms with Crippen LogP contribution in [-0.2, 0) is 6.61 Å². The molecule has 1 aliphatic carbocycles. The van der Waals surface area contributed by atoms with Gasteiger partial charge in [-0.05, 0) is 64.3 Å². The van der Waals surface area contributed by atoms with Gasteiger partial charge in [-0.1, -0.05) is 44.2 Å². The van der Waals surface area contributed by atoms with Gasteiger partial charge in [-0.15, -0.1) is 0 Å². The summed E-state index contributed by atoms with van der Waals surface area (Å²) < 4.78 is 29.6. The van der Waals surface area contributed by atoms with Crippen LogP contribution in [0.2, 0.25) is 0 Å². The first-order chi connectivity index (χ1) is 11.9. The van der Waals surface area contributed by atoms with Crippen LogP contribution in [0, 0.1) is 5.41 Å². The van der Waals surface area contributed by atoms with E-state index in [2.05, 4.69) is 24.7 Å². The number of ether oxygens (including phenoxy) is 1. The highest BCUT2D eigenvalue weighted by Crippen LogP contribution is 2.47. The maximum absolute atomic E-state index is 12.5. The lowest BCUT2D eigenvalue weighted by Gasteiger charge is -2.25. The third-order valence-electron chi connectivity index (χ3n) is 4.77. The van der Waals surface area contributed by atoms with Crippen molar-refractivity contribution in [2.45, 2.75) is 39.9 Å². The van der Waals surface area contributed by atoms with Crippen LogP contribution in [0.4, 0.5) is 8.78 Å². The van der Waals surface area contributed by atoms with E-state index in [1.54, 1.807) is 12.1 Å². The van der Waals surface area contributed by atoms with E-state index in [0.717, 1.165) is 35.1 Å². The van der Waals surface area contributed by atoms with Gasteiger partial charge < -0.3 is 9.84 Å². The molecule has 1 N–H and O–H groups in total. The number of aliphatic hydroxyl groups is 1. The van der Waals surface area contributed by atoms with E-state index in [1.807, 2.05) is 24.3 Å². The molecule has 0 unspecified atom stereocenters. The summed E-state index contributed by atoms with van der Waals surface area (Å²) in [7, 11) is 0. The van der Waals surface area contributed by atoms with E-state index in [4.69, 9.17) is 0 Å². The van der Waals surface area contributed by atoms with Crippen molar-refractivity contribution in [3.63, 3.8) is 0 Å². The van der Waals surface area contributed by atoms with Gasteiger partial charge in [-0.25, -0.2) is 0 Å². The molecule has 0 bridgehead atoms. The smallest absolute Gasteiger partial charge is 0.387 e. The summed E-state index contributed by atoms with van der Waals surface area (Å²) in [5, 5.41) is 9.52. The molecular weight excluding hydrogens is 322 g/mol. The highest BCUT2D eigenvalue weighted by molar-refractivity contribution is 5.85. The third kappa shape index (κ3) is 3.74. The molecule has 0 radical (unpaired) electrons. The summed E-state index contributed by atoms with van der Waals surface area (Å²) in [5.74, 6) is 0.143. The molecule has 0 aliphatic heterocycles. The van der Waals surface area contributed by atoms with Crippen LogP contribution in [0.5, 0.6) is 5.75 Å². The molecule has 25 heavy (non-hydrogen) atoms. The predicted molar refractivity (Wildman–Crippen MR) is 95.4 cm³/mol. The van der Waals surface area contributed by atoms with Gasteiger partial charge in [0.25, 0.3) is 0 Å². The fourth-order valence-electron chi connectivity index (χ4n) is 3.47. The van der Waals surface area contributed by atoms with Crippen molar-refractivity contribution in [2.75, 3.05) is 0 Å². The van der Waals surface area contributed by atoms with E-state index >= 15 is 0 Å². The number of allylic oxidation sites excluding steroid dienone is 2. The van der Waals surface area contributed by atoms with Crippen molar-refractivity contribution in [3.05, 3.63) is 59.7 Å². The molecule has 3 rings (SSSR count). The van der Waals surface area contributed by atoms with Crippen LogP contribution in [-0.4, -0.2) is 11.7 Å². The highest BCUT2D eigenvalue weighted by Gasteiger charge is 2.29. The van der Waals surface area contributed by atoms with Gasteiger partial charge in [-0.3, -0.25) is 0 Å². The molecule has 132 valence electrons. The van der Waals surface area contributed by atoms with Crippen LogP contribution in [0.1, 0.15) is 37.8 Å². The number of alkyl halides is 2. The Hall–Kier alpha value is -2.20. The maximum Gasteiger partial charge on any atom is 0.387 e. The number of halogens is 2. The Morgan fingerprint density at radius 3 is 2.56 bits per heavy atom. The minimum absolute atomic E-state index is 0.0322. The normalized spacial score (nSPS) is 16.2. The van der Waals surface area contributed by atoms with Crippen molar-refractivity contribution < 1.29 is 18.6 Å². The first kappa shape index (κ1) is 17.6. The lowest BCUT2D eigenvalue weighted by atomic mass is 9.79. The Morgan fingerprint density at radius 1 is 1.12 bits per heavy atom. The van der Waals surface area contributed by atoms with Gasteiger partial charge in [-0.2, -0.15) is 8.78 Å². The van der Waals surface area contributed by atoms with Crippen molar-refractivity contribution in [2.24, 2.45) is 5.41 Å². The van der Waals surface area contributed by atoms with E-state index < -0.39 is 6.61 Å². The SMILES string of the molecule is CC1(C)CCC=C1c1cc(CO)ccc1-c1cccc(OC(F)F)c1. The third-order valence-corrected chi connectivity index (χ3v) is 4.77. The number of hydrogen-bond donors (Lipinski definition) is 1. The number of benzene rings is 2. The molecule has 0 saturated carbocycles. The topological polar surface area (TPSA) is 29.5 Å². The molecule has 0 aromatic heterocycles. The maximum atomic E-state index is 12.5. The summed E-state index contributed by atoms with van der Waals surface area (Å²) in [5.41, 5.74) is 4.93. The Morgan fingerprint density at radius 2 is 1.92 bits per heavy atom. The fraction of sp³-hybridized carbons (Fsp3) is 0.333. The van der Waals surface area contributed by atoms with E-state index in [1.165, 1.54) is 11.6 Å². The Kier molecular flexibility index (Phi) is 4.91. The lowest BCUT2D eigenvalue weighted by molar-refractivity contribution is -0.0498. The van der Waals surface area contributed by atoms with Crippen LogP contribution in [0.3, 0.4) is 0 Å². The number of rotatable bonds is 5. The predicted octanol–water partition coefficient (Wildman–Crippen LogP) is 5.65. The van der Waals surface area contributed by atoms with Crippen LogP contribution < -0.4 is 4.74 Å².